The number of halogens is 4. The summed E-state index contributed by atoms with van der Waals surface area (Å²) >= 11 is -3.03. The van der Waals surface area contributed by atoms with Crippen LogP contribution in [-0.2, 0) is 17.8 Å². The Labute approximate surface area is 90.5 Å². The average Bonchev–Trinajstić information content (AvgIpc) is 2.09. The Morgan fingerprint density at radius 1 is 1.38 bits per heavy atom. The molecule has 0 saturated heterocycles. The standard InChI is InChI=1S/C8H6F4O3S/c9-7-5(4-8(10,11)12)2-1-3-6(7)15-16(13)14/h1-3H,4H2,(H,13,14)/p-1. The Morgan fingerprint density at radius 3 is 2.50 bits per heavy atom. The van der Waals surface area contributed by atoms with Gasteiger partial charge in [0.15, 0.2) is 11.6 Å². The van der Waals surface area contributed by atoms with Gasteiger partial charge in [0.05, 0.1) is 6.42 Å². The molecule has 0 aliphatic carbocycles. The molecule has 0 fully saturated rings. The lowest BCUT2D eigenvalue weighted by molar-refractivity contribution is -0.127. The fourth-order valence-corrected chi connectivity index (χ4v) is 1.32. The van der Waals surface area contributed by atoms with Crippen molar-refractivity contribution in [2.45, 2.75) is 12.6 Å². The smallest absolute Gasteiger partial charge is 0.393 e. The van der Waals surface area contributed by atoms with E-state index in [1.54, 1.807) is 0 Å². The number of rotatable bonds is 3. The van der Waals surface area contributed by atoms with E-state index >= 15 is 0 Å². The zero-order valence-corrected chi connectivity index (χ0v) is 8.40. The van der Waals surface area contributed by atoms with Gasteiger partial charge in [0, 0.05) is 5.56 Å². The fraction of sp³-hybridized carbons (Fsp3) is 0.250. The lowest BCUT2D eigenvalue weighted by Gasteiger charge is -2.11. The normalized spacial score (nSPS) is 13.6. The van der Waals surface area contributed by atoms with Gasteiger partial charge in [-0.15, -0.1) is 0 Å². The van der Waals surface area contributed by atoms with Crippen molar-refractivity contribution in [1.82, 2.24) is 0 Å². The summed E-state index contributed by atoms with van der Waals surface area (Å²) in [4.78, 5) is 0. The van der Waals surface area contributed by atoms with E-state index in [1.165, 1.54) is 0 Å². The summed E-state index contributed by atoms with van der Waals surface area (Å²) in [5, 5.41) is 0. The zero-order chi connectivity index (χ0) is 12.3. The van der Waals surface area contributed by atoms with E-state index in [0.29, 0.717) is 0 Å². The monoisotopic (exact) mass is 257 g/mol. The molecule has 1 aromatic rings. The number of hydrogen-bond acceptors (Lipinski definition) is 3. The van der Waals surface area contributed by atoms with Crippen LogP contribution in [0.1, 0.15) is 5.56 Å². The molecule has 8 heteroatoms. The van der Waals surface area contributed by atoms with Crippen molar-refractivity contribution in [3.05, 3.63) is 29.6 Å². The van der Waals surface area contributed by atoms with Crippen molar-refractivity contribution < 1.29 is 30.5 Å². The highest BCUT2D eigenvalue weighted by Crippen LogP contribution is 2.27. The second kappa shape index (κ2) is 4.79. The van der Waals surface area contributed by atoms with Gasteiger partial charge < -0.3 is 8.74 Å². The fourth-order valence-electron chi connectivity index (χ4n) is 1.05. The number of hydrogen-bond donors (Lipinski definition) is 0. The SMILES string of the molecule is O=S([O-])Oc1cccc(CC(F)(F)F)c1F. The van der Waals surface area contributed by atoms with Crippen LogP contribution in [0.5, 0.6) is 5.75 Å². The third-order valence-electron chi connectivity index (χ3n) is 1.59. The van der Waals surface area contributed by atoms with Gasteiger partial charge in [0.2, 0.25) is 0 Å². The summed E-state index contributed by atoms with van der Waals surface area (Å²) in [6.45, 7) is 0. The molecule has 0 aliphatic heterocycles. The van der Waals surface area contributed by atoms with E-state index in [-0.39, 0.29) is 0 Å². The molecule has 0 heterocycles. The summed E-state index contributed by atoms with van der Waals surface area (Å²) < 4.78 is 73.4. The summed E-state index contributed by atoms with van der Waals surface area (Å²) in [6.07, 6.45) is -6.06. The highest BCUT2D eigenvalue weighted by Gasteiger charge is 2.29. The maximum atomic E-state index is 13.3. The molecule has 0 saturated carbocycles. The third-order valence-corrected chi connectivity index (χ3v) is 1.91. The average molecular weight is 257 g/mol. The molecule has 1 unspecified atom stereocenters. The summed E-state index contributed by atoms with van der Waals surface area (Å²) in [5.41, 5.74) is -0.671. The Balaban J connectivity index is 2.99. The predicted molar refractivity (Wildman–Crippen MR) is 45.7 cm³/mol. The topological polar surface area (TPSA) is 49.4 Å². The molecule has 0 bridgehead atoms. The van der Waals surface area contributed by atoms with Gasteiger partial charge in [-0.2, -0.15) is 13.2 Å². The summed E-state index contributed by atoms with van der Waals surface area (Å²) in [6, 6.07) is 2.90. The van der Waals surface area contributed by atoms with Crippen LogP contribution in [0, 0.1) is 5.82 Å². The molecule has 3 nitrogen and oxygen atoms in total. The van der Waals surface area contributed by atoms with E-state index < -0.39 is 41.1 Å². The molecule has 16 heavy (non-hydrogen) atoms. The minimum Gasteiger partial charge on any atom is -0.740 e. The van der Waals surface area contributed by atoms with Gasteiger partial charge in [-0.05, 0) is 6.07 Å². The number of benzene rings is 1. The van der Waals surface area contributed by atoms with E-state index in [9.17, 15) is 26.3 Å². The second-order valence-electron chi connectivity index (χ2n) is 2.81. The van der Waals surface area contributed by atoms with Crippen LogP contribution in [-0.4, -0.2) is 14.9 Å². The van der Waals surface area contributed by atoms with Crippen LogP contribution in [0.15, 0.2) is 18.2 Å². The van der Waals surface area contributed by atoms with Crippen LogP contribution >= 0.6 is 0 Å². The lowest BCUT2D eigenvalue weighted by atomic mass is 10.1. The first-order valence-corrected chi connectivity index (χ1v) is 4.91. The molecule has 1 rings (SSSR count). The van der Waals surface area contributed by atoms with Crippen LogP contribution in [0.2, 0.25) is 0 Å². The zero-order valence-electron chi connectivity index (χ0n) is 7.58. The summed E-state index contributed by atoms with van der Waals surface area (Å²) in [5.74, 6) is -2.08. The largest absolute Gasteiger partial charge is 0.740 e. The molecule has 0 amide bonds. The molecule has 1 atom stereocenters. The Morgan fingerprint density at radius 2 is 2.00 bits per heavy atom. The van der Waals surface area contributed by atoms with E-state index in [2.05, 4.69) is 4.18 Å². The molecule has 0 N–H and O–H groups in total. The van der Waals surface area contributed by atoms with Crippen molar-refractivity contribution in [2.75, 3.05) is 0 Å². The van der Waals surface area contributed by atoms with Crippen molar-refractivity contribution in [2.24, 2.45) is 0 Å². The van der Waals surface area contributed by atoms with Crippen LogP contribution in [0.4, 0.5) is 17.6 Å². The molecule has 0 spiro atoms. The minimum atomic E-state index is -4.57. The van der Waals surface area contributed by atoms with Crippen molar-refractivity contribution in [1.29, 1.82) is 0 Å². The highest BCUT2D eigenvalue weighted by molar-refractivity contribution is 7.74. The first kappa shape index (κ1) is 12.9. The maximum Gasteiger partial charge on any atom is 0.393 e. The molecular formula is C8H5F4O3S-. The first-order valence-electron chi connectivity index (χ1n) is 3.91. The molecule has 0 aromatic heterocycles. The number of alkyl halides is 3. The third kappa shape index (κ3) is 3.78. The van der Waals surface area contributed by atoms with E-state index in [0.717, 1.165) is 18.2 Å². The highest BCUT2D eigenvalue weighted by atomic mass is 32.2. The van der Waals surface area contributed by atoms with Crippen molar-refractivity contribution >= 4 is 11.4 Å². The van der Waals surface area contributed by atoms with Crippen LogP contribution in [0.3, 0.4) is 0 Å². The Hall–Kier alpha value is -1.15. The second-order valence-corrected chi connectivity index (χ2v) is 3.38. The van der Waals surface area contributed by atoms with Gasteiger partial charge in [0.25, 0.3) is 0 Å². The summed E-state index contributed by atoms with van der Waals surface area (Å²) in [7, 11) is 0. The van der Waals surface area contributed by atoms with Crippen molar-refractivity contribution in [3.63, 3.8) is 0 Å². The van der Waals surface area contributed by atoms with Gasteiger partial charge in [-0.3, -0.25) is 0 Å². The molecule has 1 aromatic carbocycles. The molecule has 0 radical (unpaired) electrons. The lowest BCUT2D eigenvalue weighted by Crippen LogP contribution is -2.13. The predicted octanol–water partition coefficient (Wildman–Crippen LogP) is 2.10. The van der Waals surface area contributed by atoms with Gasteiger partial charge in [-0.25, -0.2) is 8.60 Å². The molecule has 90 valence electrons. The van der Waals surface area contributed by atoms with Crippen LogP contribution < -0.4 is 4.18 Å². The van der Waals surface area contributed by atoms with Gasteiger partial charge in [-0.1, -0.05) is 12.1 Å². The minimum absolute atomic E-state index is 0.671. The van der Waals surface area contributed by atoms with Crippen LogP contribution in [0.25, 0.3) is 0 Å². The quantitative estimate of drug-likeness (QED) is 0.615. The van der Waals surface area contributed by atoms with Gasteiger partial charge >= 0.3 is 6.18 Å². The Kier molecular flexibility index (Phi) is 3.87. The maximum absolute atomic E-state index is 13.3. The van der Waals surface area contributed by atoms with E-state index in [1.807, 2.05) is 0 Å². The molecule has 0 aliphatic rings. The first-order chi connectivity index (χ1) is 7.29. The Bertz CT molecular complexity index is 405. The van der Waals surface area contributed by atoms with E-state index in [4.69, 9.17) is 0 Å². The van der Waals surface area contributed by atoms with Gasteiger partial charge in [0.1, 0.15) is 11.4 Å². The van der Waals surface area contributed by atoms with Crippen molar-refractivity contribution in [3.8, 4) is 5.75 Å². The molecular weight excluding hydrogens is 252 g/mol.